The molecule has 0 bridgehead atoms. The molecule has 2 N–H and O–H groups in total. The van der Waals surface area contributed by atoms with E-state index in [1.54, 1.807) is 0 Å². The molecule has 2 fully saturated rings. The zero-order valence-corrected chi connectivity index (χ0v) is 11.9. The van der Waals surface area contributed by atoms with Crippen LogP contribution in [0, 0.1) is 0 Å². The number of anilines is 2. The van der Waals surface area contributed by atoms with Crippen LogP contribution in [0.25, 0.3) is 0 Å². The lowest BCUT2D eigenvalue weighted by Gasteiger charge is -2.38. The van der Waals surface area contributed by atoms with E-state index < -0.39 is 0 Å². The Morgan fingerprint density at radius 2 is 1.53 bits per heavy atom. The Labute approximate surface area is 115 Å². The minimum Gasteiger partial charge on any atom is -0.399 e. The molecule has 0 unspecified atom stereocenters. The number of piperidine rings is 1. The first kappa shape index (κ1) is 14.2. The fourth-order valence-corrected chi connectivity index (χ4v) is 2.58. The Morgan fingerprint density at radius 1 is 1.00 bits per heavy atom. The average Bonchev–Trinajstić information content (AvgIpc) is 2.91. The zero-order valence-electron chi connectivity index (χ0n) is 11.9. The molecular weight excluding hydrogens is 240 g/mol. The molecular formula is C15H24N2O2. The molecule has 0 saturated carbocycles. The second kappa shape index (κ2) is 6.26. The topological polar surface area (TPSA) is 47.7 Å². The lowest BCUT2D eigenvalue weighted by molar-refractivity contribution is -0.169. The van der Waals surface area contributed by atoms with Gasteiger partial charge in [-0.3, -0.25) is 0 Å². The van der Waals surface area contributed by atoms with Crippen LogP contribution in [0.1, 0.15) is 26.7 Å². The molecule has 2 aliphatic rings. The van der Waals surface area contributed by atoms with Gasteiger partial charge in [-0.05, 0) is 24.3 Å². The molecule has 1 aromatic rings. The number of ether oxygens (including phenoxy) is 2. The molecule has 2 saturated heterocycles. The summed E-state index contributed by atoms with van der Waals surface area (Å²) < 4.78 is 11.4. The molecule has 3 rings (SSSR count). The largest absolute Gasteiger partial charge is 0.399 e. The van der Waals surface area contributed by atoms with Crippen LogP contribution in [0.2, 0.25) is 0 Å². The summed E-state index contributed by atoms with van der Waals surface area (Å²) in [5.41, 5.74) is 7.73. The molecule has 0 radical (unpaired) electrons. The normalized spacial score (nSPS) is 21.1. The predicted molar refractivity (Wildman–Crippen MR) is 78.3 cm³/mol. The predicted octanol–water partition coefficient (Wildman–Crippen LogP) is 2.64. The average molecular weight is 264 g/mol. The van der Waals surface area contributed by atoms with Gasteiger partial charge in [0.05, 0.1) is 13.2 Å². The van der Waals surface area contributed by atoms with Gasteiger partial charge in [-0.1, -0.05) is 13.8 Å². The van der Waals surface area contributed by atoms with Crippen molar-refractivity contribution in [2.75, 3.05) is 36.9 Å². The number of nitrogens with two attached hydrogens (primary N) is 1. The van der Waals surface area contributed by atoms with Gasteiger partial charge in [-0.2, -0.15) is 0 Å². The molecule has 0 atom stereocenters. The number of hydrogen-bond donors (Lipinski definition) is 1. The molecule has 19 heavy (non-hydrogen) atoms. The smallest absolute Gasteiger partial charge is 0.171 e. The number of nitrogen functional groups attached to an aromatic ring is 1. The third-order valence-corrected chi connectivity index (χ3v) is 3.60. The lowest BCUT2D eigenvalue weighted by atomic mass is 10.0. The van der Waals surface area contributed by atoms with Crippen molar-refractivity contribution in [2.45, 2.75) is 32.5 Å². The van der Waals surface area contributed by atoms with Crippen LogP contribution in [-0.2, 0) is 9.47 Å². The molecule has 4 heteroatoms. The van der Waals surface area contributed by atoms with E-state index >= 15 is 0 Å². The third kappa shape index (κ3) is 3.19. The third-order valence-electron chi connectivity index (χ3n) is 3.60. The van der Waals surface area contributed by atoms with Crippen LogP contribution in [0.5, 0.6) is 0 Å². The van der Waals surface area contributed by atoms with Crippen LogP contribution in [-0.4, -0.2) is 32.1 Å². The van der Waals surface area contributed by atoms with E-state index in [1.807, 2.05) is 26.0 Å². The van der Waals surface area contributed by atoms with Gasteiger partial charge in [-0.25, -0.2) is 0 Å². The van der Waals surface area contributed by atoms with Gasteiger partial charge in [0.1, 0.15) is 0 Å². The van der Waals surface area contributed by atoms with Crippen molar-refractivity contribution in [2.24, 2.45) is 0 Å². The summed E-state index contributed by atoms with van der Waals surface area (Å²) >= 11 is 0. The van der Waals surface area contributed by atoms with Crippen molar-refractivity contribution in [3.05, 3.63) is 24.3 Å². The van der Waals surface area contributed by atoms with Crippen LogP contribution < -0.4 is 10.6 Å². The number of benzene rings is 1. The summed E-state index contributed by atoms with van der Waals surface area (Å²) in [5, 5.41) is 0. The molecule has 0 aromatic heterocycles. The van der Waals surface area contributed by atoms with Crippen LogP contribution in [0.15, 0.2) is 24.3 Å². The van der Waals surface area contributed by atoms with E-state index in [2.05, 4.69) is 17.0 Å². The van der Waals surface area contributed by atoms with E-state index in [-0.39, 0.29) is 5.79 Å². The number of rotatable bonds is 1. The molecule has 4 nitrogen and oxygen atoms in total. The van der Waals surface area contributed by atoms with E-state index in [4.69, 9.17) is 15.2 Å². The number of hydrogen-bond acceptors (Lipinski definition) is 4. The van der Waals surface area contributed by atoms with Crippen molar-refractivity contribution in [3.8, 4) is 0 Å². The number of nitrogens with zero attached hydrogens (tertiary/aromatic N) is 1. The Balaban J connectivity index is 0.000000637. The van der Waals surface area contributed by atoms with Crippen LogP contribution >= 0.6 is 0 Å². The van der Waals surface area contributed by atoms with E-state index in [0.29, 0.717) is 0 Å². The zero-order chi connectivity index (χ0) is 13.7. The van der Waals surface area contributed by atoms with E-state index in [0.717, 1.165) is 44.8 Å². The van der Waals surface area contributed by atoms with Crippen molar-refractivity contribution >= 4 is 11.4 Å². The van der Waals surface area contributed by atoms with Crippen LogP contribution in [0.4, 0.5) is 11.4 Å². The second-order valence-corrected chi connectivity index (χ2v) is 4.69. The minimum atomic E-state index is -0.287. The SMILES string of the molecule is CC.Nc1ccc(N2CCC3(CC2)OCCO3)cc1. The van der Waals surface area contributed by atoms with Crippen molar-refractivity contribution in [1.29, 1.82) is 0 Å². The Bertz CT molecular complexity index is 376. The Morgan fingerprint density at radius 3 is 2.05 bits per heavy atom. The molecule has 0 aliphatic carbocycles. The second-order valence-electron chi connectivity index (χ2n) is 4.69. The molecule has 2 aliphatic heterocycles. The first-order valence-corrected chi connectivity index (χ1v) is 7.16. The Kier molecular flexibility index (Phi) is 4.66. The highest BCUT2D eigenvalue weighted by atomic mass is 16.7. The monoisotopic (exact) mass is 264 g/mol. The van der Waals surface area contributed by atoms with Gasteiger partial charge in [0.15, 0.2) is 5.79 Å². The maximum atomic E-state index is 5.72. The molecule has 1 spiro atoms. The standard InChI is InChI=1S/C13H18N2O2.C2H6/c14-11-1-3-12(4-2-11)15-7-5-13(6-8-15)16-9-10-17-13;1-2/h1-4H,5-10,14H2;1-2H3. The minimum absolute atomic E-state index is 0.287. The van der Waals surface area contributed by atoms with Crippen molar-refractivity contribution < 1.29 is 9.47 Å². The highest BCUT2D eigenvalue weighted by Crippen LogP contribution is 2.33. The molecule has 2 heterocycles. The quantitative estimate of drug-likeness (QED) is 0.792. The summed E-state index contributed by atoms with van der Waals surface area (Å²) in [5.74, 6) is -0.287. The van der Waals surface area contributed by atoms with Gasteiger partial charge < -0.3 is 20.1 Å². The van der Waals surface area contributed by atoms with E-state index in [9.17, 15) is 0 Å². The van der Waals surface area contributed by atoms with Gasteiger partial charge in [-0.15, -0.1) is 0 Å². The molecule has 106 valence electrons. The summed E-state index contributed by atoms with van der Waals surface area (Å²) in [6.07, 6.45) is 1.88. The first-order valence-electron chi connectivity index (χ1n) is 7.16. The van der Waals surface area contributed by atoms with E-state index in [1.165, 1.54) is 5.69 Å². The van der Waals surface area contributed by atoms with Gasteiger partial charge in [0, 0.05) is 37.3 Å². The van der Waals surface area contributed by atoms with Crippen molar-refractivity contribution in [1.82, 2.24) is 0 Å². The highest BCUT2D eigenvalue weighted by Gasteiger charge is 2.39. The van der Waals surface area contributed by atoms with Gasteiger partial charge in [0.2, 0.25) is 0 Å². The Hall–Kier alpha value is -1.26. The van der Waals surface area contributed by atoms with Gasteiger partial charge in [0.25, 0.3) is 0 Å². The maximum absolute atomic E-state index is 5.72. The summed E-state index contributed by atoms with van der Waals surface area (Å²) in [7, 11) is 0. The summed E-state index contributed by atoms with van der Waals surface area (Å²) in [4.78, 5) is 2.36. The fraction of sp³-hybridized carbons (Fsp3) is 0.600. The first-order chi connectivity index (χ1) is 9.27. The molecule has 1 aromatic carbocycles. The maximum Gasteiger partial charge on any atom is 0.171 e. The van der Waals surface area contributed by atoms with Crippen molar-refractivity contribution in [3.63, 3.8) is 0 Å². The lowest BCUT2D eigenvalue weighted by Crippen LogP contribution is -2.45. The summed E-state index contributed by atoms with van der Waals surface area (Å²) in [6.45, 7) is 7.43. The summed E-state index contributed by atoms with van der Waals surface area (Å²) in [6, 6.07) is 8.04. The molecule has 0 amide bonds. The highest BCUT2D eigenvalue weighted by molar-refractivity contribution is 5.53. The fourth-order valence-electron chi connectivity index (χ4n) is 2.58. The van der Waals surface area contributed by atoms with Gasteiger partial charge >= 0.3 is 0 Å². The van der Waals surface area contributed by atoms with Crippen LogP contribution in [0.3, 0.4) is 0 Å².